The zero-order valence-electron chi connectivity index (χ0n) is 9.49. The normalized spacial score (nSPS) is 12.2. The zero-order valence-corrected chi connectivity index (χ0v) is 10.2. The van der Waals surface area contributed by atoms with Gasteiger partial charge in [0.2, 0.25) is 0 Å². The second-order valence-corrected chi connectivity index (χ2v) is 4.39. The number of alkyl halides is 3. The van der Waals surface area contributed by atoms with Gasteiger partial charge in [-0.15, -0.1) is 0 Å². The van der Waals surface area contributed by atoms with Gasteiger partial charge in [-0.1, -0.05) is 11.6 Å². The number of halogens is 5. The monoisotopic (exact) mass is 277 g/mol. The Morgan fingerprint density at radius 2 is 1.78 bits per heavy atom. The molecule has 1 heterocycles. The van der Waals surface area contributed by atoms with Gasteiger partial charge in [0, 0.05) is 11.5 Å². The van der Waals surface area contributed by atoms with Crippen LogP contribution < -0.4 is 0 Å². The van der Waals surface area contributed by atoms with E-state index in [1.807, 2.05) is 0 Å². The molecule has 0 saturated carbocycles. The summed E-state index contributed by atoms with van der Waals surface area (Å²) >= 11 is 5.90. The minimum atomic E-state index is -4.61. The standard InChI is InChI=1S/C12H8ClF4N/c1-5-3-7-9(4-8(5)14)18-11(12(15,16)17)6(2)10(7)13/h3-4H,1-2H3. The number of hydrogen-bond donors (Lipinski definition) is 0. The van der Waals surface area contributed by atoms with Crippen LogP contribution in [0.5, 0.6) is 0 Å². The van der Waals surface area contributed by atoms with E-state index in [2.05, 4.69) is 4.98 Å². The highest BCUT2D eigenvalue weighted by atomic mass is 35.5. The van der Waals surface area contributed by atoms with E-state index in [0.29, 0.717) is 10.9 Å². The largest absolute Gasteiger partial charge is 0.433 e. The lowest BCUT2D eigenvalue weighted by atomic mass is 10.1. The van der Waals surface area contributed by atoms with Crippen LogP contribution in [0.15, 0.2) is 12.1 Å². The summed E-state index contributed by atoms with van der Waals surface area (Å²) in [6.45, 7) is 2.76. The molecule has 0 aliphatic rings. The van der Waals surface area contributed by atoms with Gasteiger partial charge in [0.15, 0.2) is 0 Å². The first-order chi connectivity index (χ1) is 8.21. The lowest BCUT2D eigenvalue weighted by Gasteiger charge is -2.13. The Balaban J connectivity index is 2.88. The summed E-state index contributed by atoms with van der Waals surface area (Å²) in [4.78, 5) is 3.46. The van der Waals surface area contributed by atoms with E-state index in [0.717, 1.165) is 6.07 Å². The molecule has 2 aromatic rings. The molecular formula is C12H8ClF4N. The van der Waals surface area contributed by atoms with Crippen molar-refractivity contribution >= 4 is 22.5 Å². The van der Waals surface area contributed by atoms with E-state index in [1.54, 1.807) is 0 Å². The van der Waals surface area contributed by atoms with Crippen LogP contribution in [-0.4, -0.2) is 4.98 Å². The van der Waals surface area contributed by atoms with Crippen molar-refractivity contribution in [2.24, 2.45) is 0 Å². The first-order valence-corrected chi connectivity index (χ1v) is 5.42. The molecule has 0 radical (unpaired) electrons. The van der Waals surface area contributed by atoms with Crippen LogP contribution >= 0.6 is 11.6 Å². The van der Waals surface area contributed by atoms with Crippen molar-refractivity contribution in [3.05, 3.63) is 39.8 Å². The van der Waals surface area contributed by atoms with Gasteiger partial charge in [-0.25, -0.2) is 9.37 Å². The number of fused-ring (bicyclic) bond motifs is 1. The summed E-state index contributed by atoms with van der Waals surface area (Å²) in [6.07, 6.45) is -4.61. The Hall–Kier alpha value is -1.36. The third kappa shape index (κ3) is 2.03. The third-order valence-electron chi connectivity index (χ3n) is 2.70. The van der Waals surface area contributed by atoms with Gasteiger partial charge in [0.1, 0.15) is 11.5 Å². The summed E-state index contributed by atoms with van der Waals surface area (Å²) in [5.74, 6) is -0.608. The topological polar surface area (TPSA) is 12.9 Å². The highest BCUT2D eigenvalue weighted by molar-refractivity contribution is 6.36. The van der Waals surface area contributed by atoms with Crippen molar-refractivity contribution < 1.29 is 17.6 Å². The molecule has 6 heteroatoms. The fourth-order valence-electron chi connectivity index (χ4n) is 1.73. The molecule has 1 aromatic carbocycles. The molecule has 2 rings (SSSR count). The number of nitrogens with zero attached hydrogens (tertiary/aromatic N) is 1. The molecule has 1 aromatic heterocycles. The molecule has 96 valence electrons. The molecular weight excluding hydrogens is 270 g/mol. The van der Waals surface area contributed by atoms with E-state index in [1.165, 1.54) is 19.9 Å². The molecule has 0 aliphatic carbocycles. The van der Waals surface area contributed by atoms with Crippen LogP contribution in [-0.2, 0) is 6.18 Å². The Bertz CT molecular complexity index is 634. The van der Waals surface area contributed by atoms with Gasteiger partial charge < -0.3 is 0 Å². The van der Waals surface area contributed by atoms with Crippen molar-refractivity contribution in [1.82, 2.24) is 4.98 Å². The number of pyridine rings is 1. The maximum absolute atomic E-state index is 13.3. The van der Waals surface area contributed by atoms with Crippen LogP contribution in [0.3, 0.4) is 0 Å². The maximum atomic E-state index is 13.3. The van der Waals surface area contributed by atoms with Crippen LogP contribution in [0.1, 0.15) is 16.8 Å². The van der Waals surface area contributed by atoms with Crippen LogP contribution in [0, 0.1) is 19.7 Å². The lowest BCUT2D eigenvalue weighted by Crippen LogP contribution is -2.11. The van der Waals surface area contributed by atoms with E-state index < -0.39 is 17.7 Å². The number of aryl methyl sites for hydroxylation is 1. The highest BCUT2D eigenvalue weighted by Gasteiger charge is 2.35. The van der Waals surface area contributed by atoms with Gasteiger partial charge in [0.05, 0.1) is 10.5 Å². The number of benzene rings is 1. The molecule has 0 spiro atoms. The summed E-state index contributed by atoms with van der Waals surface area (Å²) in [5.41, 5.74) is -1.02. The fraction of sp³-hybridized carbons (Fsp3) is 0.250. The van der Waals surface area contributed by atoms with Gasteiger partial charge in [-0.2, -0.15) is 13.2 Å². The summed E-state index contributed by atoms with van der Waals surface area (Å²) in [7, 11) is 0. The molecule has 0 amide bonds. The summed E-state index contributed by atoms with van der Waals surface area (Å²) in [6, 6.07) is 2.36. The highest BCUT2D eigenvalue weighted by Crippen LogP contribution is 2.37. The summed E-state index contributed by atoms with van der Waals surface area (Å²) in [5, 5.41) is 0.275. The lowest BCUT2D eigenvalue weighted by molar-refractivity contribution is -0.141. The Labute approximate surface area is 105 Å². The van der Waals surface area contributed by atoms with Gasteiger partial charge >= 0.3 is 6.18 Å². The Kier molecular flexibility index (Phi) is 2.97. The van der Waals surface area contributed by atoms with Gasteiger partial charge in [0.25, 0.3) is 0 Å². The SMILES string of the molecule is Cc1cc2c(Cl)c(C)c(C(F)(F)F)nc2cc1F. The van der Waals surface area contributed by atoms with E-state index in [-0.39, 0.29) is 16.1 Å². The molecule has 0 unspecified atom stereocenters. The third-order valence-corrected chi connectivity index (χ3v) is 3.19. The molecule has 1 nitrogen and oxygen atoms in total. The molecule has 0 aliphatic heterocycles. The van der Waals surface area contributed by atoms with E-state index in [9.17, 15) is 17.6 Å². The van der Waals surface area contributed by atoms with Crippen molar-refractivity contribution in [2.45, 2.75) is 20.0 Å². The predicted octanol–water partition coefficient (Wildman–Crippen LogP) is 4.66. The quantitative estimate of drug-likeness (QED) is 0.638. The molecule has 0 bridgehead atoms. The van der Waals surface area contributed by atoms with Gasteiger partial charge in [-0.05, 0) is 31.0 Å². The van der Waals surface area contributed by atoms with Gasteiger partial charge in [-0.3, -0.25) is 0 Å². The van der Waals surface area contributed by atoms with Crippen molar-refractivity contribution in [3.8, 4) is 0 Å². The second-order valence-electron chi connectivity index (χ2n) is 4.02. The van der Waals surface area contributed by atoms with Crippen molar-refractivity contribution in [3.63, 3.8) is 0 Å². The van der Waals surface area contributed by atoms with Crippen molar-refractivity contribution in [2.75, 3.05) is 0 Å². The van der Waals surface area contributed by atoms with Crippen LogP contribution in [0.25, 0.3) is 10.9 Å². The predicted molar refractivity (Wildman–Crippen MR) is 61.2 cm³/mol. The van der Waals surface area contributed by atoms with E-state index >= 15 is 0 Å². The second kappa shape index (κ2) is 4.09. The molecule has 0 N–H and O–H groups in total. The minimum Gasteiger partial charge on any atom is -0.243 e. The molecule has 0 atom stereocenters. The minimum absolute atomic E-state index is 0.0459. The first kappa shape index (κ1) is 13.1. The van der Waals surface area contributed by atoms with Crippen LogP contribution in [0.4, 0.5) is 17.6 Å². The fourth-order valence-corrected chi connectivity index (χ4v) is 1.97. The number of aromatic nitrogens is 1. The number of rotatable bonds is 0. The molecule has 18 heavy (non-hydrogen) atoms. The van der Waals surface area contributed by atoms with Crippen LogP contribution in [0.2, 0.25) is 5.02 Å². The molecule has 0 fully saturated rings. The first-order valence-electron chi connectivity index (χ1n) is 5.05. The van der Waals surface area contributed by atoms with Crippen molar-refractivity contribution in [1.29, 1.82) is 0 Å². The molecule has 0 saturated heterocycles. The Morgan fingerprint density at radius 3 is 2.33 bits per heavy atom. The average Bonchev–Trinajstić information content (AvgIpc) is 2.25. The number of hydrogen-bond acceptors (Lipinski definition) is 1. The maximum Gasteiger partial charge on any atom is 0.433 e. The average molecular weight is 278 g/mol. The van der Waals surface area contributed by atoms with E-state index in [4.69, 9.17) is 11.6 Å². The zero-order chi connectivity index (χ0) is 13.7. The Morgan fingerprint density at radius 1 is 1.17 bits per heavy atom. The summed E-state index contributed by atoms with van der Waals surface area (Å²) < 4.78 is 51.5. The smallest absolute Gasteiger partial charge is 0.243 e.